The molecule has 0 bridgehead atoms. The van der Waals surface area contributed by atoms with Gasteiger partial charge in [0.1, 0.15) is 5.75 Å². The topological polar surface area (TPSA) is 20.2 Å². The van der Waals surface area contributed by atoms with Gasteiger partial charge in [0.15, 0.2) is 0 Å². The van der Waals surface area contributed by atoms with Crippen LogP contribution in [0.4, 0.5) is 0 Å². The largest absolute Gasteiger partial charge is 0.507 e. The van der Waals surface area contributed by atoms with Crippen LogP contribution in [0.3, 0.4) is 0 Å². The first kappa shape index (κ1) is 11.7. The second-order valence-corrected chi connectivity index (χ2v) is 4.83. The van der Waals surface area contributed by atoms with E-state index in [9.17, 15) is 5.11 Å². The SMILES string of the molecule is Cc1cc(C(C)Cl)c(O)c(C(C)Cl)c1. The lowest BCUT2D eigenvalue weighted by molar-refractivity contribution is 0.461. The molecule has 14 heavy (non-hydrogen) atoms. The second kappa shape index (κ2) is 4.41. The van der Waals surface area contributed by atoms with Crippen molar-refractivity contribution in [2.45, 2.75) is 31.5 Å². The molecule has 1 N–H and O–H groups in total. The summed E-state index contributed by atoms with van der Waals surface area (Å²) in [5, 5.41) is 9.48. The minimum atomic E-state index is -0.205. The average molecular weight is 233 g/mol. The Kier molecular flexibility index (Phi) is 3.68. The fourth-order valence-electron chi connectivity index (χ4n) is 1.44. The lowest BCUT2D eigenvalue weighted by Crippen LogP contribution is -1.94. The van der Waals surface area contributed by atoms with Crippen molar-refractivity contribution >= 4 is 23.2 Å². The van der Waals surface area contributed by atoms with Gasteiger partial charge in [-0.05, 0) is 20.8 Å². The van der Waals surface area contributed by atoms with Gasteiger partial charge in [-0.15, -0.1) is 23.2 Å². The van der Waals surface area contributed by atoms with Crippen molar-refractivity contribution in [3.8, 4) is 5.75 Å². The smallest absolute Gasteiger partial charge is 0.124 e. The van der Waals surface area contributed by atoms with Crippen molar-refractivity contribution in [3.05, 3.63) is 28.8 Å². The Morgan fingerprint density at radius 2 is 1.43 bits per heavy atom. The highest BCUT2D eigenvalue weighted by Crippen LogP contribution is 2.37. The van der Waals surface area contributed by atoms with E-state index < -0.39 is 0 Å². The molecule has 0 radical (unpaired) electrons. The van der Waals surface area contributed by atoms with Gasteiger partial charge < -0.3 is 5.11 Å². The van der Waals surface area contributed by atoms with Crippen molar-refractivity contribution in [2.24, 2.45) is 0 Å². The molecule has 1 nitrogen and oxygen atoms in total. The van der Waals surface area contributed by atoms with Crippen LogP contribution in [0.1, 0.15) is 41.3 Å². The zero-order valence-electron chi connectivity index (χ0n) is 8.51. The molecule has 2 atom stereocenters. The molecular formula is C11H14Cl2O. The average Bonchev–Trinajstić information content (AvgIpc) is 2.07. The van der Waals surface area contributed by atoms with Crippen LogP contribution < -0.4 is 0 Å². The van der Waals surface area contributed by atoms with E-state index >= 15 is 0 Å². The number of phenols is 1. The number of aromatic hydroxyl groups is 1. The molecule has 1 aromatic rings. The third-order valence-electron chi connectivity index (χ3n) is 2.17. The summed E-state index contributed by atoms with van der Waals surface area (Å²) in [6.07, 6.45) is 0. The number of hydrogen-bond acceptors (Lipinski definition) is 1. The molecule has 2 unspecified atom stereocenters. The number of alkyl halides is 2. The van der Waals surface area contributed by atoms with Gasteiger partial charge >= 0.3 is 0 Å². The minimum Gasteiger partial charge on any atom is -0.507 e. The normalized spacial score (nSPS) is 15.2. The first-order valence-electron chi connectivity index (χ1n) is 4.55. The van der Waals surface area contributed by atoms with Crippen LogP contribution in [0.25, 0.3) is 0 Å². The first-order valence-corrected chi connectivity index (χ1v) is 5.42. The van der Waals surface area contributed by atoms with E-state index in [4.69, 9.17) is 23.2 Å². The molecule has 0 aliphatic rings. The summed E-state index contributed by atoms with van der Waals surface area (Å²) in [4.78, 5) is 0. The van der Waals surface area contributed by atoms with Gasteiger partial charge in [-0.3, -0.25) is 0 Å². The standard InChI is InChI=1S/C11H14Cl2O/c1-6-4-9(7(2)12)11(14)10(5-6)8(3)13/h4-5,7-8,14H,1-3H3. The van der Waals surface area contributed by atoms with Crippen LogP contribution >= 0.6 is 23.2 Å². The number of hydrogen-bond donors (Lipinski definition) is 1. The number of halogens is 2. The highest BCUT2D eigenvalue weighted by atomic mass is 35.5. The number of phenolic OH excluding ortho intramolecular Hbond substituents is 1. The van der Waals surface area contributed by atoms with E-state index in [2.05, 4.69) is 0 Å². The van der Waals surface area contributed by atoms with Crippen molar-refractivity contribution < 1.29 is 5.11 Å². The van der Waals surface area contributed by atoms with E-state index in [0.29, 0.717) is 0 Å². The van der Waals surface area contributed by atoms with E-state index in [0.717, 1.165) is 16.7 Å². The van der Waals surface area contributed by atoms with Gasteiger partial charge in [0.25, 0.3) is 0 Å². The molecule has 1 aromatic carbocycles. The summed E-state index contributed by atoms with van der Waals surface area (Å²) < 4.78 is 0. The predicted molar refractivity (Wildman–Crippen MR) is 61.4 cm³/mol. The Labute approximate surface area is 94.7 Å². The van der Waals surface area contributed by atoms with E-state index in [1.54, 1.807) is 0 Å². The molecule has 78 valence electrons. The summed E-state index contributed by atoms with van der Waals surface area (Å²) >= 11 is 11.9. The van der Waals surface area contributed by atoms with Crippen LogP contribution in [0.5, 0.6) is 5.75 Å². The predicted octanol–water partition coefficient (Wildman–Crippen LogP) is 4.30. The highest BCUT2D eigenvalue weighted by molar-refractivity contribution is 6.21. The number of benzene rings is 1. The van der Waals surface area contributed by atoms with Crippen LogP contribution in [0.15, 0.2) is 12.1 Å². The van der Waals surface area contributed by atoms with Crippen molar-refractivity contribution in [2.75, 3.05) is 0 Å². The monoisotopic (exact) mass is 232 g/mol. The molecule has 0 heterocycles. The minimum absolute atomic E-state index is 0.205. The van der Waals surface area contributed by atoms with Crippen molar-refractivity contribution in [1.82, 2.24) is 0 Å². The number of aryl methyl sites for hydroxylation is 1. The lowest BCUT2D eigenvalue weighted by Gasteiger charge is -2.14. The van der Waals surface area contributed by atoms with Crippen molar-refractivity contribution in [1.29, 1.82) is 0 Å². The summed E-state index contributed by atoms with van der Waals surface area (Å²) in [6.45, 7) is 5.63. The molecule has 0 spiro atoms. The number of rotatable bonds is 2. The molecule has 1 rings (SSSR count). The van der Waals surface area contributed by atoms with E-state index in [1.807, 2.05) is 32.9 Å². The third kappa shape index (κ3) is 2.34. The van der Waals surface area contributed by atoms with Gasteiger partial charge in [-0.25, -0.2) is 0 Å². The quantitative estimate of drug-likeness (QED) is 0.755. The lowest BCUT2D eigenvalue weighted by atomic mass is 10.0. The van der Waals surface area contributed by atoms with Crippen molar-refractivity contribution in [3.63, 3.8) is 0 Å². The van der Waals surface area contributed by atoms with Gasteiger partial charge in [0.05, 0.1) is 10.8 Å². The van der Waals surface area contributed by atoms with Crippen LogP contribution in [0, 0.1) is 6.92 Å². The molecule has 3 heteroatoms. The molecular weight excluding hydrogens is 219 g/mol. The van der Waals surface area contributed by atoms with Crippen LogP contribution in [0.2, 0.25) is 0 Å². The van der Waals surface area contributed by atoms with E-state index in [1.165, 1.54) is 0 Å². The Morgan fingerprint density at radius 1 is 1.07 bits per heavy atom. The van der Waals surface area contributed by atoms with Crippen LogP contribution in [-0.2, 0) is 0 Å². The fraction of sp³-hybridized carbons (Fsp3) is 0.455. The second-order valence-electron chi connectivity index (χ2n) is 3.52. The Hall–Kier alpha value is -0.400. The maximum absolute atomic E-state index is 9.89. The molecule has 0 aromatic heterocycles. The van der Waals surface area contributed by atoms with E-state index in [-0.39, 0.29) is 16.5 Å². The first-order chi connectivity index (χ1) is 6.43. The Balaban J connectivity index is 3.32. The Morgan fingerprint density at radius 3 is 1.71 bits per heavy atom. The van der Waals surface area contributed by atoms with Gasteiger partial charge in [0.2, 0.25) is 0 Å². The maximum Gasteiger partial charge on any atom is 0.124 e. The van der Waals surface area contributed by atoms with Gasteiger partial charge in [-0.1, -0.05) is 17.7 Å². The van der Waals surface area contributed by atoms with Crippen LogP contribution in [-0.4, -0.2) is 5.11 Å². The third-order valence-corrected chi connectivity index (χ3v) is 2.64. The zero-order chi connectivity index (χ0) is 10.9. The molecule has 0 fully saturated rings. The fourth-order valence-corrected chi connectivity index (χ4v) is 1.77. The molecule has 0 saturated carbocycles. The molecule has 0 amide bonds. The zero-order valence-corrected chi connectivity index (χ0v) is 10.0. The molecule has 0 aliphatic carbocycles. The molecule has 0 saturated heterocycles. The summed E-state index contributed by atoms with van der Waals surface area (Å²) in [6, 6.07) is 3.77. The summed E-state index contributed by atoms with van der Waals surface area (Å²) in [5.74, 6) is 0.223. The highest BCUT2D eigenvalue weighted by Gasteiger charge is 2.15. The van der Waals surface area contributed by atoms with Gasteiger partial charge in [0, 0.05) is 11.1 Å². The molecule has 0 aliphatic heterocycles. The summed E-state index contributed by atoms with van der Waals surface area (Å²) in [5.41, 5.74) is 2.55. The Bertz CT molecular complexity index is 303. The van der Waals surface area contributed by atoms with Gasteiger partial charge in [-0.2, -0.15) is 0 Å². The maximum atomic E-state index is 9.89. The summed E-state index contributed by atoms with van der Waals surface area (Å²) in [7, 11) is 0.